The van der Waals surface area contributed by atoms with Gasteiger partial charge in [0.15, 0.2) is 0 Å². The molecule has 5 rings (SSSR count). The van der Waals surface area contributed by atoms with Crippen LogP contribution in [-0.2, 0) is 0 Å². The lowest BCUT2D eigenvalue weighted by atomic mass is 9.93. The molecule has 1 radical (unpaired) electrons. The van der Waals surface area contributed by atoms with Crippen LogP contribution in [0.25, 0.3) is 17.3 Å². The van der Waals surface area contributed by atoms with Crippen molar-refractivity contribution in [1.82, 2.24) is 30.2 Å². The molecule has 0 aromatic carbocycles. The van der Waals surface area contributed by atoms with Gasteiger partial charge in [-0.3, -0.25) is 9.78 Å². The van der Waals surface area contributed by atoms with Crippen LogP contribution in [0, 0.1) is 0 Å². The minimum Gasteiger partial charge on any atom is -0.338 e. The van der Waals surface area contributed by atoms with Crippen LogP contribution in [0.4, 0.5) is 11.5 Å². The summed E-state index contributed by atoms with van der Waals surface area (Å²) >= 11 is 0. The second-order valence-electron chi connectivity index (χ2n) is 7.87. The number of hydrogen-bond donors (Lipinski definition) is 1. The molecule has 0 atom stereocenters. The summed E-state index contributed by atoms with van der Waals surface area (Å²) in [5.41, 5.74) is 4.53. The highest BCUT2D eigenvalue weighted by molar-refractivity contribution is 6.05. The van der Waals surface area contributed by atoms with Crippen molar-refractivity contribution in [2.24, 2.45) is 0 Å². The van der Waals surface area contributed by atoms with Crippen LogP contribution >= 0.6 is 0 Å². The normalized spacial score (nSPS) is 16.6. The van der Waals surface area contributed by atoms with Gasteiger partial charge in [0.1, 0.15) is 12.1 Å². The Morgan fingerprint density at radius 1 is 1.10 bits per heavy atom. The number of likely N-dealkylation sites (tertiary alicyclic amines) is 1. The zero-order valence-electron chi connectivity index (χ0n) is 17.2. The maximum atomic E-state index is 12.5. The molecule has 2 aliphatic heterocycles. The highest BCUT2D eigenvalue weighted by atomic mass is 16.1. The Labute approximate surface area is 180 Å². The van der Waals surface area contributed by atoms with E-state index in [0.717, 1.165) is 48.4 Å². The van der Waals surface area contributed by atoms with Crippen LogP contribution in [-0.4, -0.2) is 50.9 Å². The van der Waals surface area contributed by atoms with Crippen molar-refractivity contribution in [3.63, 3.8) is 0 Å². The van der Waals surface area contributed by atoms with Gasteiger partial charge in [0, 0.05) is 35.8 Å². The molecule has 3 aromatic rings. The molecular formula is C23H22N7O. The molecule has 1 N–H and O–H groups in total. The average Bonchev–Trinajstić information content (AvgIpc) is 2.81. The highest BCUT2D eigenvalue weighted by Crippen LogP contribution is 2.31. The van der Waals surface area contributed by atoms with Gasteiger partial charge < -0.3 is 10.2 Å². The van der Waals surface area contributed by atoms with E-state index < -0.39 is 0 Å². The Bertz CT molecular complexity index is 1120. The minimum absolute atomic E-state index is 0.320. The average molecular weight is 412 g/mol. The van der Waals surface area contributed by atoms with Crippen molar-refractivity contribution in [3.8, 4) is 11.3 Å². The van der Waals surface area contributed by atoms with Crippen LogP contribution in [0.15, 0.2) is 49.3 Å². The molecule has 5 heterocycles. The minimum atomic E-state index is -0.320. The van der Waals surface area contributed by atoms with E-state index in [0.29, 0.717) is 23.0 Å². The van der Waals surface area contributed by atoms with Crippen molar-refractivity contribution < 1.29 is 4.79 Å². The molecule has 155 valence electrons. The Kier molecular flexibility index (Phi) is 5.13. The van der Waals surface area contributed by atoms with Gasteiger partial charge in [-0.05, 0) is 62.8 Å². The molecule has 0 spiro atoms. The summed E-state index contributed by atoms with van der Waals surface area (Å²) in [6, 6.07) is 5.91. The predicted octanol–water partition coefficient (Wildman–Crippen LogP) is 3.22. The van der Waals surface area contributed by atoms with Crippen LogP contribution in [0.2, 0.25) is 0 Å². The molecule has 3 aromatic heterocycles. The van der Waals surface area contributed by atoms with Crippen molar-refractivity contribution >= 4 is 23.5 Å². The van der Waals surface area contributed by atoms with Gasteiger partial charge in [-0.1, -0.05) is 0 Å². The smallest absolute Gasteiger partial charge is 0.281 e. The number of pyridine rings is 2. The first kappa shape index (κ1) is 19.3. The first-order chi connectivity index (χ1) is 15.2. The van der Waals surface area contributed by atoms with Crippen LogP contribution in [0.5, 0.6) is 0 Å². The lowest BCUT2D eigenvalue weighted by Crippen LogP contribution is -2.29. The van der Waals surface area contributed by atoms with E-state index in [1.54, 1.807) is 24.7 Å². The number of rotatable bonds is 4. The number of fused-ring (bicyclic) bond motifs is 1. The van der Waals surface area contributed by atoms with E-state index in [1.165, 1.54) is 12.5 Å². The number of hydrogen-bond acceptors (Lipinski definition) is 7. The van der Waals surface area contributed by atoms with Crippen LogP contribution in [0.3, 0.4) is 0 Å². The van der Waals surface area contributed by atoms with E-state index in [4.69, 9.17) is 0 Å². The van der Waals surface area contributed by atoms with Gasteiger partial charge in [0.05, 0.1) is 23.1 Å². The maximum absolute atomic E-state index is 12.5. The summed E-state index contributed by atoms with van der Waals surface area (Å²) in [6.45, 7) is 2.19. The Balaban J connectivity index is 1.45. The molecule has 0 saturated carbocycles. The third kappa shape index (κ3) is 4.02. The van der Waals surface area contributed by atoms with Crippen LogP contribution < -0.4 is 10.6 Å². The van der Waals surface area contributed by atoms with E-state index in [-0.39, 0.29) is 5.91 Å². The number of nitrogens with zero attached hydrogens (tertiary/aromatic N) is 6. The third-order valence-corrected chi connectivity index (χ3v) is 5.75. The van der Waals surface area contributed by atoms with E-state index in [2.05, 4.69) is 48.6 Å². The van der Waals surface area contributed by atoms with Crippen molar-refractivity contribution in [2.45, 2.75) is 18.8 Å². The lowest BCUT2D eigenvalue weighted by molar-refractivity contribution is 0.0965. The summed E-state index contributed by atoms with van der Waals surface area (Å²) in [4.78, 5) is 32.4. The molecule has 31 heavy (non-hydrogen) atoms. The van der Waals surface area contributed by atoms with Crippen molar-refractivity contribution in [3.05, 3.63) is 66.1 Å². The van der Waals surface area contributed by atoms with E-state index in [9.17, 15) is 4.79 Å². The highest BCUT2D eigenvalue weighted by Gasteiger charge is 2.23. The zero-order chi connectivity index (χ0) is 21.2. The molecule has 1 saturated heterocycles. The summed E-state index contributed by atoms with van der Waals surface area (Å²) < 4.78 is 0. The van der Waals surface area contributed by atoms with Gasteiger partial charge in [0.25, 0.3) is 5.91 Å². The fourth-order valence-electron chi connectivity index (χ4n) is 4.00. The zero-order valence-corrected chi connectivity index (χ0v) is 17.2. The molecule has 1 fully saturated rings. The Morgan fingerprint density at radius 3 is 2.65 bits per heavy atom. The summed E-state index contributed by atoms with van der Waals surface area (Å²) in [5.74, 6) is 0.616. The number of piperidine rings is 1. The topological polar surface area (TPSA) is 98.0 Å². The third-order valence-electron chi connectivity index (χ3n) is 5.75. The van der Waals surface area contributed by atoms with Crippen molar-refractivity contribution in [1.29, 1.82) is 0 Å². The van der Waals surface area contributed by atoms with Crippen molar-refractivity contribution in [2.75, 3.05) is 25.5 Å². The summed E-state index contributed by atoms with van der Waals surface area (Å²) in [7, 11) is 2.16. The number of amides is 1. The number of anilines is 2. The monoisotopic (exact) mass is 412 g/mol. The van der Waals surface area contributed by atoms with Gasteiger partial charge in [-0.15, -0.1) is 0 Å². The Hall–Kier alpha value is -3.65. The summed E-state index contributed by atoms with van der Waals surface area (Å²) in [5, 5.41) is 7.19. The largest absolute Gasteiger partial charge is 0.338 e. The van der Waals surface area contributed by atoms with Gasteiger partial charge in [0.2, 0.25) is 0 Å². The second kappa shape index (κ2) is 8.23. The number of carbonyl (C=O) groups excluding carboxylic acids is 1. The fraction of sp³-hybridized carbons (Fsp3) is 0.261. The number of aromatic nitrogens is 4. The maximum Gasteiger partial charge on any atom is 0.281 e. The molecular weight excluding hydrogens is 390 g/mol. The first-order valence-electron chi connectivity index (χ1n) is 10.3. The van der Waals surface area contributed by atoms with E-state index in [1.807, 2.05) is 12.1 Å². The van der Waals surface area contributed by atoms with Crippen LogP contribution in [0.1, 0.15) is 40.4 Å². The second-order valence-corrected chi connectivity index (χ2v) is 7.87. The summed E-state index contributed by atoms with van der Waals surface area (Å²) in [6.07, 6.45) is 12.2. The SMILES string of the molecule is CN1CCC(c2ccc(Nc3nc(-c4cncnc4)cc4c3C(=O)[N]C=C4)cn2)CC1. The van der Waals surface area contributed by atoms with Gasteiger partial charge >= 0.3 is 0 Å². The van der Waals surface area contributed by atoms with E-state index >= 15 is 0 Å². The van der Waals surface area contributed by atoms with Gasteiger partial charge in [-0.25, -0.2) is 20.3 Å². The standard InChI is InChI=1S/C23H22N7O/c1-30-8-5-15(6-9-30)19-3-2-18(13-27-19)28-22-21-16(4-7-26-23(21)31)10-20(29-22)17-11-24-14-25-12-17/h2-4,7,10-15H,5-6,8-9H2,1H3,(H,28,29). The number of carbonyl (C=O) groups is 1. The molecule has 2 aliphatic rings. The first-order valence-corrected chi connectivity index (χ1v) is 10.3. The molecule has 8 nitrogen and oxygen atoms in total. The molecule has 0 bridgehead atoms. The van der Waals surface area contributed by atoms with Gasteiger partial charge in [-0.2, -0.15) is 0 Å². The predicted molar refractivity (Wildman–Crippen MR) is 118 cm³/mol. The number of nitrogens with one attached hydrogen (secondary N) is 1. The quantitative estimate of drug-likeness (QED) is 0.702. The molecule has 1 amide bonds. The molecule has 0 aliphatic carbocycles. The molecule has 8 heteroatoms. The molecule has 0 unspecified atom stereocenters. The Morgan fingerprint density at radius 2 is 1.90 bits per heavy atom. The fourth-order valence-corrected chi connectivity index (χ4v) is 4.00. The lowest BCUT2D eigenvalue weighted by Gasteiger charge is -2.28.